The molecule has 0 radical (unpaired) electrons. The van der Waals surface area contributed by atoms with E-state index in [0.29, 0.717) is 0 Å². The van der Waals surface area contributed by atoms with Crippen molar-refractivity contribution in [1.29, 1.82) is 0 Å². The van der Waals surface area contributed by atoms with E-state index in [-0.39, 0.29) is 41.1 Å². The van der Waals surface area contributed by atoms with E-state index in [4.69, 9.17) is 0 Å². The van der Waals surface area contributed by atoms with E-state index in [2.05, 4.69) is 178 Å². The summed E-state index contributed by atoms with van der Waals surface area (Å²) in [6.45, 7) is 22.8. The smallest absolute Gasteiger partial charge is 1.00 e. The molecule has 0 bridgehead atoms. The SMILES string of the molecule is CCCCCCc1cc2c(-c3ccc(C(C)(C)C)cc3)cccc2[cH-]1.CCCCCCc1cc2c(-c3ccc(C(C)(C)C)cc3)cccc2[cH-]1.C[Si](C)=[Zr+2].[Cl-].[Cl-]. The minimum atomic E-state index is 0. The van der Waals surface area contributed by atoms with Crippen LogP contribution in [-0.4, -0.2) is 5.43 Å². The van der Waals surface area contributed by atoms with Gasteiger partial charge in [0.1, 0.15) is 0 Å². The van der Waals surface area contributed by atoms with Gasteiger partial charge in [-0.3, -0.25) is 0 Å². The summed E-state index contributed by atoms with van der Waals surface area (Å²) in [6.07, 6.45) is 13.0. The van der Waals surface area contributed by atoms with Gasteiger partial charge in [-0.1, -0.05) is 179 Å². The zero-order valence-corrected chi connectivity index (χ0v) is 41.2. The average Bonchev–Trinajstić information content (AvgIpc) is 3.75. The van der Waals surface area contributed by atoms with Crippen LogP contribution < -0.4 is 24.8 Å². The third kappa shape index (κ3) is 15.2. The summed E-state index contributed by atoms with van der Waals surface area (Å²) < 4.78 is 0. The Labute approximate surface area is 369 Å². The Balaban J connectivity index is 0.000000342. The topological polar surface area (TPSA) is 0 Å². The molecule has 0 saturated carbocycles. The summed E-state index contributed by atoms with van der Waals surface area (Å²) in [5.41, 5.74) is 11.7. The molecule has 56 heavy (non-hydrogen) atoms. The number of aryl methyl sites for hydroxylation is 2. The van der Waals surface area contributed by atoms with Gasteiger partial charge in [0.25, 0.3) is 0 Å². The fourth-order valence-electron chi connectivity index (χ4n) is 7.20. The zero-order valence-electron chi connectivity index (χ0n) is 36.2. The van der Waals surface area contributed by atoms with Crippen LogP contribution in [0.3, 0.4) is 0 Å². The van der Waals surface area contributed by atoms with E-state index < -0.39 is 0 Å². The second kappa shape index (κ2) is 24.0. The first-order valence-electron chi connectivity index (χ1n) is 20.8. The molecule has 0 atom stereocenters. The first kappa shape index (κ1) is 49.9. The summed E-state index contributed by atoms with van der Waals surface area (Å²) in [7, 11) is 0. The summed E-state index contributed by atoms with van der Waals surface area (Å²) in [5.74, 6) is 0. The summed E-state index contributed by atoms with van der Waals surface area (Å²) in [6, 6.07) is 41.2. The quantitative estimate of drug-likeness (QED) is 0.0653. The number of unbranched alkanes of at least 4 members (excludes halogenated alkanes) is 6. The van der Waals surface area contributed by atoms with E-state index in [1.165, 1.54) is 130 Å². The van der Waals surface area contributed by atoms with Crippen LogP contribution in [0.4, 0.5) is 0 Å². The van der Waals surface area contributed by atoms with Crippen LogP contribution in [0.2, 0.25) is 13.1 Å². The van der Waals surface area contributed by atoms with Crippen LogP contribution in [0.1, 0.15) is 129 Å². The van der Waals surface area contributed by atoms with Crippen LogP contribution in [0.25, 0.3) is 43.8 Å². The predicted molar refractivity (Wildman–Crippen MR) is 241 cm³/mol. The molecule has 0 aliphatic heterocycles. The molecule has 0 spiro atoms. The van der Waals surface area contributed by atoms with Crippen molar-refractivity contribution in [3.63, 3.8) is 0 Å². The van der Waals surface area contributed by atoms with Crippen molar-refractivity contribution in [3.05, 3.63) is 131 Å². The summed E-state index contributed by atoms with van der Waals surface area (Å²) in [4.78, 5) is 0. The minimum absolute atomic E-state index is 0. The molecular formula is C52H68Cl2SiZr-2. The minimum Gasteiger partial charge on any atom is -1.00 e. The molecule has 0 heterocycles. The molecule has 6 aromatic carbocycles. The molecule has 6 aromatic rings. The van der Waals surface area contributed by atoms with Crippen LogP contribution >= 0.6 is 0 Å². The molecule has 0 N–H and O–H groups in total. The van der Waals surface area contributed by atoms with Crippen molar-refractivity contribution in [1.82, 2.24) is 0 Å². The Bertz CT molecular complexity index is 1880. The number of fused-ring (bicyclic) bond motifs is 2. The van der Waals surface area contributed by atoms with Crippen molar-refractivity contribution in [2.75, 3.05) is 0 Å². The van der Waals surface area contributed by atoms with Gasteiger partial charge in [-0.15, -0.1) is 69.1 Å². The molecular weight excluding hydrogens is 815 g/mol. The van der Waals surface area contributed by atoms with Crippen molar-refractivity contribution in [3.8, 4) is 22.3 Å². The van der Waals surface area contributed by atoms with Crippen LogP contribution in [-0.2, 0) is 47.0 Å². The molecule has 0 aliphatic rings. The third-order valence-corrected chi connectivity index (χ3v) is 10.4. The van der Waals surface area contributed by atoms with Crippen LogP contribution in [0.5, 0.6) is 0 Å². The first-order chi connectivity index (χ1) is 25.7. The molecule has 0 aliphatic carbocycles. The first-order valence-corrected chi connectivity index (χ1v) is 27.0. The van der Waals surface area contributed by atoms with Gasteiger partial charge in [-0.05, 0) is 45.9 Å². The molecule has 0 amide bonds. The monoisotopic (exact) mass is 880 g/mol. The Morgan fingerprint density at radius 2 is 0.839 bits per heavy atom. The van der Waals surface area contributed by atoms with E-state index in [0.717, 1.165) is 0 Å². The fraction of sp³-hybridized carbons (Fsp3) is 0.423. The van der Waals surface area contributed by atoms with Gasteiger partial charge in [0, 0.05) is 0 Å². The predicted octanol–water partition coefficient (Wildman–Crippen LogP) is 10.1. The molecule has 0 unspecified atom stereocenters. The van der Waals surface area contributed by atoms with Gasteiger partial charge in [0.05, 0.1) is 0 Å². The van der Waals surface area contributed by atoms with Gasteiger partial charge in [0.15, 0.2) is 0 Å². The van der Waals surface area contributed by atoms with E-state index in [1.54, 1.807) is 23.3 Å². The van der Waals surface area contributed by atoms with Gasteiger partial charge in [-0.25, -0.2) is 0 Å². The Morgan fingerprint density at radius 3 is 1.14 bits per heavy atom. The standard InChI is InChI=1S/2C25H31.C2H6Si.2ClH.Zr/c2*1-5-6-7-8-10-19-17-21-11-9-12-23(24(21)18-19)20-13-15-22(16-14-20)25(2,3)4;1-3-2;;;/h2*9,11-18H,5-8,10H2,1-4H3;1-2H3;2*1H;/q2*-1;;;;+2/p-2. The maximum Gasteiger partial charge on any atom is -1.00 e. The van der Waals surface area contributed by atoms with Crippen molar-refractivity contribution >= 4 is 27.0 Å². The van der Waals surface area contributed by atoms with E-state index in [1.807, 2.05) is 0 Å². The van der Waals surface area contributed by atoms with Crippen LogP contribution in [0, 0.1) is 0 Å². The van der Waals surface area contributed by atoms with Crippen LogP contribution in [0.15, 0.2) is 109 Å². The van der Waals surface area contributed by atoms with Gasteiger partial charge in [0.2, 0.25) is 0 Å². The number of hydrogen-bond acceptors (Lipinski definition) is 0. The zero-order chi connectivity index (χ0) is 39.3. The second-order valence-electron chi connectivity index (χ2n) is 17.6. The number of rotatable bonds is 12. The van der Waals surface area contributed by atoms with Gasteiger partial charge < -0.3 is 24.8 Å². The second-order valence-corrected chi connectivity index (χ2v) is 27.0. The molecule has 6 rings (SSSR count). The van der Waals surface area contributed by atoms with Crippen molar-refractivity contribution in [2.45, 2.75) is 144 Å². The number of halogens is 2. The average molecular weight is 883 g/mol. The number of hydrogen-bond donors (Lipinski definition) is 0. The van der Waals surface area contributed by atoms with Crippen molar-refractivity contribution in [2.24, 2.45) is 0 Å². The maximum absolute atomic E-state index is 2.41. The molecule has 0 aromatic heterocycles. The van der Waals surface area contributed by atoms with E-state index >= 15 is 0 Å². The van der Waals surface area contributed by atoms with Crippen molar-refractivity contribution < 1.29 is 48.1 Å². The summed E-state index contributed by atoms with van der Waals surface area (Å²) >= 11 is 1.74. The Kier molecular flexibility index (Phi) is 21.4. The molecule has 4 heteroatoms. The van der Waals surface area contributed by atoms with Gasteiger partial charge >= 0.3 is 41.9 Å². The molecule has 0 saturated heterocycles. The fourth-order valence-corrected chi connectivity index (χ4v) is 7.20. The Hall–Kier alpha value is -2.22. The molecule has 0 fully saturated rings. The maximum atomic E-state index is 2.41. The van der Waals surface area contributed by atoms with Gasteiger partial charge in [-0.2, -0.15) is 12.1 Å². The normalized spacial score (nSPS) is 11.2. The largest absolute Gasteiger partial charge is 1.00 e. The molecule has 300 valence electrons. The number of benzene rings is 4. The third-order valence-electron chi connectivity index (χ3n) is 10.4. The molecule has 0 nitrogen and oxygen atoms in total. The summed E-state index contributed by atoms with van der Waals surface area (Å²) in [5, 5.41) is 5.55. The Morgan fingerprint density at radius 1 is 0.500 bits per heavy atom. The van der Waals surface area contributed by atoms with E-state index in [9.17, 15) is 0 Å².